The quantitative estimate of drug-likeness (QED) is 0.576. The third-order valence-corrected chi connectivity index (χ3v) is 4.52. The summed E-state index contributed by atoms with van der Waals surface area (Å²) in [5.41, 5.74) is 1.24. The Hall–Kier alpha value is -3.22. The number of likely N-dealkylation sites (tertiary alicyclic amines) is 1. The summed E-state index contributed by atoms with van der Waals surface area (Å²) >= 11 is 0. The summed E-state index contributed by atoms with van der Waals surface area (Å²) in [6, 6.07) is 7.45. The van der Waals surface area contributed by atoms with Crippen molar-refractivity contribution < 1.29 is 14.3 Å². The number of hydrogen-bond donors (Lipinski definition) is 1. The van der Waals surface area contributed by atoms with Gasteiger partial charge in [0.05, 0.1) is 18.3 Å². The van der Waals surface area contributed by atoms with E-state index >= 15 is 0 Å². The number of para-hydroxylation sites is 1. The van der Waals surface area contributed by atoms with Crippen molar-refractivity contribution in [2.75, 3.05) is 13.1 Å². The molecule has 4 rings (SSSR count). The van der Waals surface area contributed by atoms with Crippen LogP contribution in [-0.2, 0) is 4.79 Å². The average Bonchev–Trinajstić information content (AvgIpc) is 3.12. The predicted molar refractivity (Wildman–Crippen MR) is 94.9 cm³/mol. The third kappa shape index (κ3) is 3.15. The Balaban J connectivity index is 1.48. The van der Waals surface area contributed by atoms with E-state index in [0.29, 0.717) is 24.5 Å². The maximum atomic E-state index is 12.7. The van der Waals surface area contributed by atoms with Crippen molar-refractivity contribution in [1.82, 2.24) is 19.9 Å². The summed E-state index contributed by atoms with van der Waals surface area (Å²) in [6.07, 6.45) is 7.66. The molecule has 1 saturated heterocycles. The Morgan fingerprint density at radius 3 is 2.96 bits per heavy atom. The van der Waals surface area contributed by atoms with Crippen molar-refractivity contribution in [2.24, 2.45) is 0 Å². The number of aromatic amines is 1. The van der Waals surface area contributed by atoms with E-state index in [1.54, 1.807) is 23.5 Å². The second-order valence-electron chi connectivity index (χ2n) is 6.25. The molecule has 0 bridgehead atoms. The number of hydrogen-bond acceptors (Lipinski definition) is 5. The summed E-state index contributed by atoms with van der Waals surface area (Å²) in [5.74, 6) is -0.570. The standard InChI is InChI=1S/C19H18N4O3/c24-18(15-10-22-16-6-2-1-5-14(15)16)19(25)23-9-3-4-13(12-23)26-17-11-20-7-8-21-17/h1-2,5-8,10-11,13,22H,3-4,9,12H2. The number of H-pyrrole nitrogens is 1. The second kappa shape index (κ2) is 6.95. The fraction of sp³-hybridized carbons (Fsp3) is 0.263. The van der Waals surface area contributed by atoms with Gasteiger partial charge >= 0.3 is 0 Å². The van der Waals surface area contributed by atoms with E-state index in [0.717, 1.165) is 23.7 Å². The molecule has 1 fully saturated rings. The first-order chi connectivity index (χ1) is 12.7. The van der Waals surface area contributed by atoms with Gasteiger partial charge < -0.3 is 14.6 Å². The number of amides is 1. The van der Waals surface area contributed by atoms with Gasteiger partial charge in [-0.1, -0.05) is 18.2 Å². The second-order valence-corrected chi connectivity index (χ2v) is 6.25. The molecule has 0 spiro atoms. The molecule has 3 aromatic rings. The molecule has 1 N–H and O–H groups in total. The Bertz CT molecular complexity index is 938. The van der Waals surface area contributed by atoms with Crippen molar-refractivity contribution >= 4 is 22.6 Å². The Morgan fingerprint density at radius 1 is 1.23 bits per heavy atom. The minimum absolute atomic E-state index is 0.194. The third-order valence-electron chi connectivity index (χ3n) is 4.52. The molecule has 3 heterocycles. The minimum Gasteiger partial charge on any atom is -0.471 e. The summed E-state index contributed by atoms with van der Waals surface area (Å²) in [7, 11) is 0. The van der Waals surface area contributed by atoms with Crippen LogP contribution >= 0.6 is 0 Å². The first kappa shape index (κ1) is 16.3. The maximum Gasteiger partial charge on any atom is 0.295 e. The number of Topliss-reactive ketones (excluding diaryl/α,β-unsaturated/α-hetero) is 1. The molecular formula is C19H18N4O3. The molecule has 7 heteroatoms. The largest absolute Gasteiger partial charge is 0.471 e. The molecule has 26 heavy (non-hydrogen) atoms. The number of benzene rings is 1. The Kier molecular flexibility index (Phi) is 4.35. The van der Waals surface area contributed by atoms with Crippen LogP contribution in [0.5, 0.6) is 5.88 Å². The minimum atomic E-state index is -0.498. The molecule has 7 nitrogen and oxygen atoms in total. The van der Waals surface area contributed by atoms with Gasteiger partial charge in [-0.3, -0.25) is 14.6 Å². The number of piperidine rings is 1. The highest BCUT2D eigenvalue weighted by atomic mass is 16.5. The molecular weight excluding hydrogens is 332 g/mol. The zero-order chi connectivity index (χ0) is 17.9. The average molecular weight is 350 g/mol. The van der Waals surface area contributed by atoms with Gasteiger partial charge in [-0.05, 0) is 18.9 Å². The van der Waals surface area contributed by atoms with Crippen molar-refractivity contribution in [2.45, 2.75) is 18.9 Å². The number of aromatic nitrogens is 3. The van der Waals surface area contributed by atoms with E-state index in [9.17, 15) is 9.59 Å². The molecule has 0 saturated carbocycles. The van der Waals surface area contributed by atoms with E-state index in [4.69, 9.17) is 4.74 Å². The Morgan fingerprint density at radius 2 is 2.12 bits per heavy atom. The topological polar surface area (TPSA) is 88.2 Å². The number of nitrogens with zero attached hydrogens (tertiary/aromatic N) is 3. The van der Waals surface area contributed by atoms with E-state index in [2.05, 4.69) is 15.0 Å². The summed E-state index contributed by atoms with van der Waals surface area (Å²) < 4.78 is 5.79. The number of ether oxygens (including phenoxy) is 1. The molecule has 1 amide bonds. The van der Waals surface area contributed by atoms with Crippen LogP contribution in [0.15, 0.2) is 49.1 Å². The van der Waals surface area contributed by atoms with Crippen LogP contribution in [0.4, 0.5) is 0 Å². The van der Waals surface area contributed by atoms with Gasteiger partial charge in [0.1, 0.15) is 6.10 Å². The fourth-order valence-corrected chi connectivity index (χ4v) is 3.25. The van der Waals surface area contributed by atoms with Crippen LogP contribution in [0.3, 0.4) is 0 Å². The van der Waals surface area contributed by atoms with Gasteiger partial charge in [0.15, 0.2) is 0 Å². The van der Waals surface area contributed by atoms with Crippen LogP contribution in [0, 0.1) is 0 Å². The van der Waals surface area contributed by atoms with Gasteiger partial charge in [-0.2, -0.15) is 0 Å². The van der Waals surface area contributed by atoms with Crippen LogP contribution in [0.1, 0.15) is 23.2 Å². The first-order valence-corrected chi connectivity index (χ1v) is 8.55. The highest BCUT2D eigenvalue weighted by Gasteiger charge is 2.30. The number of nitrogens with one attached hydrogen (secondary N) is 1. The van der Waals surface area contributed by atoms with Crippen molar-refractivity contribution in [3.63, 3.8) is 0 Å². The van der Waals surface area contributed by atoms with Gasteiger partial charge in [0.25, 0.3) is 11.7 Å². The number of rotatable bonds is 4. The smallest absolute Gasteiger partial charge is 0.295 e. The number of ketones is 1. The normalized spacial score (nSPS) is 17.2. The van der Waals surface area contributed by atoms with Gasteiger partial charge in [0, 0.05) is 36.0 Å². The lowest BCUT2D eigenvalue weighted by atomic mass is 10.0. The summed E-state index contributed by atoms with van der Waals surface area (Å²) in [5, 5.41) is 0.759. The molecule has 2 aromatic heterocycles. The molecule has 1 atom stereocenters. The van der Waals surface area contributed by atoms with E-state index in [-0.39, 0.29) is 6.10 Å². The molecule has 1 aromatic carbocycles. The number of carbonyl (C=O) groups excluding carboxylic acids is 2. The van der Waals surface area contributed by atoms with Gasteiger partial charge in [0.2, 0.25) is 5.88 Å². The highest BCUT2D eigenvalue weighted by molar-refractivity contribution is 6.44. The van der Waals surface area contributed by atoms with E-state index in [1.165, 1.54) is 6.20 Å². The number of carbonyl (C=O) groups is 2. The molecule has 0 aliphatic carbocycles. The lowest BCUT2D eigenvalue weighted by Crippen LogP contribution is -2.47. The predicted octanol–water partition coefficient (Wildman–Crippen LogP) is 2.21. The van der Waals surface area contributed by atoms with Crippen molar-refractivity contribution in [3.05, 3.63) is 54.6 Å². The molecule has 1 aliphatic heterocycles. The van der Waals surface area contributed by atoms with Gasteiger partial charge in [-0.15, -0.1) is 0 Å². The van der Waals surface area contributed by atoms with E-state index in [1.807, 2.05) is 24.3 Å². The highest BCUT2D eigenvalue weighted by Crippen LogP contribution is 2.21. The fourth-order valence-electron chi connectivity index (χ4n) is 3.25. The SMILES string of the molecule is O=C(C(=O)N1CCCC(Oc2cnccn2)C1)c1c[nH]c2ccccc12. The van der Waals surface area contributed by atoms with Crippen LogP contribution in [0.25, 0.3) is 10.9 Å². The van der Waals surface area contributed by atoms with Crippen molar-refractivity contribution in [1.29, 1.82) is 0 Å². The van der Waals surface area contributed by atoms with Crippen LogP contribution < -0.4 is 4.74 Å². The maximum absolute atomic E-state index is 12.7. The molecule has 132 valence electrons. The number of fused-ring (bicyclic) bond motifs is 1. The zero-order valence-corrected chi connectivity index (χ0v) is 14.1. The Labute approximate surface area is 150 Å². The first-order valence-electron chi connectivity index (χ1n) is 8.55. The molecule has 1 unspecified atom stereocenters. The zero-order valence-electron chi connectivity index (χ0n) is 14.1. The molecule has 0 radical (unpaired) electrons. The van der Waals surface area contributed by atoms with Crippen LogP contribution in [-0.4, -0.2) is 50.7 Å². The van der Waals surface area contributed by atoms with Gasteiger partial charge in [-0.25, -0.2) is 4.98 Å². The molecule has 1 aliphatic rings. The summed E-state index contributed by atoms with van der Waals surface area (Å²) in [6.45, 7) is 0.913. The van der Waals surface area contributed by atoms with Crippen molar-refractivity contribution in [3.8, 4) is 5.88 Å². The van der Waals surface area contributed by atoms with E-state index < -0.39 is 11.7 Å². The lowest BCUT2D eigenvalue weighted by Gasteiger charge is -2.32. The monoisotopic (exact) mass is 350 g/mol. The summed E-state index contributed by atoms with van der Waals surface area (Å²) in [4.78, 5) is 38.1. The lowest BCUT2D eigenvalue weighted by molar-refractivity contribution is -0.129. The van der Waals surface area contributed by atoms with Crippen LogP contribution in [0.2, 0.25) is 0 Å².